The van der Waals surface area contributed by atoms with Crippen molar-refractivity contribution in [1.82, 2.24) is 15.3 Å². The molecular formula is C9H17N5. The first-order chi connectivity index (χ1) is 6.79. The van der Waals surface area contributed by atoms with Crippen molar-refractivity contribution < 1.29 is 0 Å². The minimum absolute atomic E-state index is 0.572. The third-order valence-electron chi connectivity index (χ3n) is 1.84. The van der Waals surface area contributed by atoms with Gasteiger partial charge in [0.15, 0.2) is 0 Å². The van der Waals surface area contributed by atoms with Crippen LogP contribution in [0.4, 0.5) is 5.82 Å². The second-order valence-electron chi connectivity index (χ2n) is 3.04. The highest BCUT2D eigenvalue weighted by molar-refractivity contribution is 5.25. The summed E-state index contributed by atoms with van der Waals surface area (Å²) in [7, 11) is 0. The van der Waals surface area contributed by atoms with Crippen molar-refractivity contribution in [3.63, 3.8) is 0 Å². The largest absolute Gasteiger partial charge is 0.384 e. The first-order valence-corrected chi connectivity index (χ1v) is 4.66. The summed E-state index contributed by atoms with van der Waals surface area (Å²) in [6, 6.07) is 5.43. The van der Waals surface area contributed by atoms with E-state index in [1.165, 1.54) is 0 Å². The summed E-state index contributed by atoms with van der Waals surface area (Å²) in [5.74, 6) is 6.00. The van der Waals surface area contributed by atoms with Crippen LogP contribution in [0.25, 0.3) is 0 Å². The maximum absolute atomic E-state index is 5.43. The van der Waals surface area contributed by atoms with Gasteiger partial charge in [0.05, 0.1) is 0 Å². The molecule has 0 atom stereocenters. The van der Waals surface area contributed by atoms with Crippen molar-refractivity contribution >= 4 is 5.82 Å². The van der Waals surface area contributed by atoms with Crippen molar-refractivity contribution in [2.45, 2.75) is 0 Å². The SMILES string of the molecule is NN1CCNCC1.Nc1ccccn1. The summed E-state index contributed by atoms with van der Waals surface area (Å²) in [4.78, 5) is 3.76. The number of nitrogen functional groups attached to an aromatic ring is 1. The van der Waals surface area contributed by atoms with E-state index in [9.17, 15) is 0 Å². The number of pyridine rings is 1. The molecule has 0 bridgehead atoms. The zero-order valence-corrected chi connectivity index (χ0v) is 8.19. The number of hydrogen-bond donors (Lipinski definition) is 3. The van der Waals surface area contributed by atoms with Gasteiger partial charge in [0, 0.05) is 32.4 Å². The van der Waals surface area contributed by atoms with E-state index in [1.54, 1.807) is 12.3 Å². The monoisotopic (exact) mass is 195 g/mol. The lowest BCUT2D eigenvalue weighted by Gasteiger charge is -2.21. The molecule has 1 aliphatic rings. The fraction of sp³-hybridized carbons (Fsp3) is 0.444. The van der Waals surface area contributed by atoms with Gasteiger partial charge in [-0.2, -0.15) is 0 Å². The maximum atomic E-state index is 5.43. The van der Waals surface area contributed by atoms with Crippen LogP contribution in [0.3, 0.4) is 0 Å². The molecule has 5 heteroatoms. The van der Waals surface area contributed by atoms with Gasteiger partial charge in [-0.3, -0.25) is 5.84 Å². The summed E-state index contributed by atoms with van der Waals surface area (Å²) in [6.45, 7) is 4.05. The van der Waals surface area contributed by atoms with Gasteiger partial charge in [0.2, 0.25) is 0 Å². The van der Waals surface area contributed by atoms with E-state index in [2.05, 4.69) is 10.3 Å². The molecule has 78 valence electrons. The molecule has 1 aromatic heterocycles. The number of nitrogens with one attached hydrogen (secondary N) is 1. The van der Waals surface area contributed by atoms with Gasteiger partial charge < -0.3 is 11.1 Å². The van der Waals surface area contributed by atoms with Crippen molar-refractivity contribution in [3.8, 4) is 0 Å². The standard InChI is InChI=1S/C5H6N2.C4H11N3/c6-5-3-1-2-4-7-5;5-7-3-1-6-2-4-7/h1-4H,(H2,6,7);6H,1-5H2. The van der Waals surface area contributed by atoms with E-state index < -0.39 is 0 Å². The molecule has 2 heterocycles. The van der Waals surface area contributed by atoms with Crippen molar-refractivity contribution in [3.05, 3.63) is 24.4 Å². The lowest BCUT2D eigenvalue weighted by Crippen LogP contribution is -2.47. The topological polar surface area (TPSA) is 80.2 Å². The van der Waals surface area contributed by atoms with Crippen molar-refractivity contribution in [1.29, 1.82) is 0 Å². The number of nitrogens with zero attached hydrogens (tertiary/aromatic N) is 2. The van der Waals surface area contributed by atoms with Gasteiger partial charge in [-0.05, 0) is 12.1 Å². The fourth-order valence-electron chi connectivity index (χ4n) is 1.06. The van der Waals surface area contributed by atoms with E-state index in [0.717, 1.165) is 26.2 Å². The van der Waals surface area contributed by atoms with Crippen LogP contribution in [-0.2, 0) is 0 Å². The second kappa shape index (κ2) is 6.31. The highest BCUT2D eigenvalue weighted by atomic mass is 15.4. The van der Waals surface area contributed by atoms with Crippen LogP contribution in [0.1, 0.15) is 0 Å². The van der Waals surface area contributed by atoms with Crippen LogP contribution in [0.15, 0.2) is 24.4 Å². The van der Waals surface area contributed by atoms with Gasteiger partial charge in [-0.25, -0.2) is 9.99 Å². The van der Waals surface area contributed by atoms with Gasteiger partial charge >= 0.3 is 0 Å². The summed E-state index contributed by atoms with van der Waals surface area (Å²) in [6.07, 6.45) is 1.66. The van der Waals surface area contributed by atoms with Crippen LogP contribution < -0.4 is 16.9 Å². The number of hydrazine groups is 1. The van der Waals surface area contributed by atoms with E-state index in [-0.39, 0.29) is 0 Å². The molecular weight excluding hydrogens is 178 g/mol. The average molecular weight is 195 g/mol. The molecule has 5 nitrogen and oxygen atoms in total. The minimum atomic E-state index is 0.572. The predicted molar refractivity (Wildman–Crippen MR) is 57.3 cm³/mol. The molecule has 1 fully saturated rings. The number of hydrogen-bond acceptors (Lipinski definition) is 5. The van der Waals surface area contributed by atoms with Crippen LogP contribution in [-0.4, -0.2) is 36.2 Å². The smallest absolute Gasteiger partial charge is 0.123 e. The first kappa shape index (κ1) is 10.9. The lowest BCUT2D eigenvalue weighted by molar-refractivity contribution is 0.248. The number of rotatable bonds is 0. The first-order valence-electron chi connectivity index (χ1n) is 4.66. The normalized spacial score (nSPS) is 16.9. The van der Waals surface area contributed by atoms with Gasteiger partial charge in [0.25, 0.3) is 0 Å². The molecule has 0 aromatic carbocycles. The third-order valence-corrected chi connectivity index (χ3v) is 1.84. The fourth-order valence-corrected chi connectivity index (χ4v) is 1.06. The Morgan fingerprint density at radius 3 is 2.29 bits per heavy atom. The van der Waals surface area contributed by atoms with E-state index in [0.29, 0.717) is 5.82 Å². The molecule has 0 amide bonds. The molecule has 0 spiro atoms. The Balaban J connectivity index is 0.000000140. The Bertz CT molecular complexity index is 232. The van der Waals surface area contributed by atoms with Gasteiger partial charge in [-0.1, -0.05) is 6.07 Å². The van der Waals surface area contributed by atoms with Gasteiger partial charge in [0.1, 0.15) is 5.82 Å². The number of piperazine rings is 1. The van der Waals surface area contributed by atoms with Crippen LogP contribution in [0, 0.1) is 0 Å². The molecule has 1 saturated heterocycles. The average Bonchev–Trinajstić information content (AvgIpc) is 2.21. The quantitative estimate of drug-likeness (QED) is 0.483. The lowest BCUT2D eigenvalue weighted by atomic mass is 10.4. The Hall–Kier alpha value is -1.17. The Morgan fingerprint density at radius 1 is 1.29 bits per heavy atom. The molecule has 0 unspecified atom stereocenters. The Kier molecular flexibility index (Phi) is 4.92. The molecule has 14 heavy (non-hydrogen) atoms. The van der Waals surface area contributed by atoms with Crippen molar-refractivity contribution in [2.75, 3.05) is 31.9 Å². The van der Waals surface area contributed by atoms with E-state index in [4.69, 9.17) is 11.6 Å². The van der Waals surface area contributed by atoms with Crippen molar-refractivity contribution in [2.24, 2.45) is 5.84 Å². The Labute approximate surface area is 84.1 Å². The summed E-state index contributed by atoms with van der Waals surface area (Å²) < 4.78 is 0. The third kappa shape index (κ3) is 4.76. The summed E-state index contributed by atoms with van der Waals surface area (Å²) >= 11 is 0. The number of anilines is 1. The van der Waals surface area contributed by atoms with E-state index in [1.807, 2.05) is 17.1 Å². The number of nitrogens with two attached hydrogens (primary N) is 2. The zero-order chi connectivity index (χ0) is 10.2. The highest BCUT2D eigenvalue weighted by Gasteiger charge is 2.01. The minimum Gasteiger partial charge on any atom is -0.384 e. The van der Waals surface area contributed by atoms with Crippen LogP contribution in [0.2, 0.25) is 0 Å². The molecule has 5 N–H and O–H groups in total. The molecule has 0 radical (unpaired) electrons. The second-order valence-corrected chi connectivity index (χ2v) is 3.04. The highest BCUT2D eigenvalue weighted by Crippen LogP contribution is 1.89. The maximum Gasteiger partial charge on any atom is 0.123 e. The molecule has 2 rings (SSSR count). The predicted octanol–water partition coefficient (Wildman–Crippen LogP) is -0.571. The summed E-state index contributed by atoms with van der Waals surface area (Å²) in [5.41, 5.74) is 5.25. The zero-order valence-electron chi connectivity index (χ0n) is 8.19. The molecule has 0 saturated carbocycles. The van der Waals surface area contributed by atoms with E-state index >= 15 is 0 Å². The summed E-state index contributed by atoms with van der Waals surface area (Å²) in [5, 5.41) is 5.02. The van der Waals surface area contributed by atoms with Crippen LogP contribution >= 0.6 is 0 Å². The Morgan fingerprint density at radius 2 is 2.00 bits per heavy atom. The number of aromatic nitrogens is 1. The molecule has 1 aromatic rings. The molecule has 0 aliphatic carbocycles. The van der Waals surface area contributed by atoms with Crippen LogP contribution in [0.5, 0.6) is 0 Å². The van der Waals surface area contributed by atoms with Gasteiger partial charge in [-0.15, -0.1) is 0 Å². The molecule has 1 aliphatic heterocycles.